The van der Waals surface area contributed by atoms with E-state index in [2.05, 4.69) is 300 Å². The van der Waals surface area contributed by atoms with Crippen LogP contribution in [-0.2, 0) is 81.8 Å². The largest absolute Gasteiger partial charge is 0.463 e. The summed E-state index contributed by atoms with van der Waals surface area (Å²) in [5.74, 6) is 4.69. The Labute approximate surface area is 617 Å². The minimum absolute atomic E-state index is 0.0601. The zero-order chi connectivity index (χ0) is 72.9. The molecule has 3 heterocycles. The highest BCUT2D eigenvalue weighted by Crippen LogP contribution is 2.56. The van der Waals surface area contributed by atoms with Gasteiger partial charge in [-0.25, -0.2) is 0 Å². The highest BCUT2D eigenvalue weighted by Gasteiger charge is 2.46. The van der Waals surface area contributed by atoms with E-state index in [1.54, 1.807) is 0 Å². The Morgan fingerprint density at radius 2 is 0.814 bits per heavy atom. The zero-order valence-corrected chi connectivity index (χ0v) is 67.2. The first kappa shape index (κ1) is 78.6. The molecule has 0 aliphatic carbocycles. The summed E-state index contributed by atoms with van der Waals surface area (Å²) in [6.45, 7) is 41.1. The van der Waals surface area contributed by atoms with Crippen LogP contribution in [0.4, 0.5) is 0 Å². The Balaban J connectivity index is 0.000000238. The third-order valence-electron chi connectivity index (χ3n) is 20.4. The molecule has 546 valence electrons. The molecule has 0 bridgehead atoms. The lowest BCUT2D eigenvalue weighted by Crippen LogP contribution is -2.45. The number of hydrogen-bond donors (Lipinski definition) is 0. The first-order valence-electron chi connectivity index (χ1n) is 37.7. The van der Waals surface area contributed by atoms with Crippen molar-refractivity contribution in [3.05, 3.63) is 260 Å². The number of fused-ring (bicyclic) bond motifs is 2. The molecule has 8 aromatic rings. The van der Waals surface area contributed by atoms with E-state index < -0.39 is 31.2 Å². The molecule has 2 fully saturated rings. The molecule has 2 saturated heterocycles. The van der Waals surface area contributed by atoms with Crippen LogP contribution in [0.2, 0.25) is 0 Å². The van der Waals surface area contributed by atoms with Crippen molar-refractivity contribution in [1.82, 2.24) is 0 Å². The van der Waals surface area contributed by atoms with Gasteiger partial charge in [-0.3, -0.25) is 4.52 Å². The van der Waals surface area contributed by atoms with Crippen LogP contribution >= 0.6 is 25.8 Å². The van der Waals surface area contributed by atoms with Crippen molar-refractivity contribution < 1.29 is 40.7 Å². The Hall–Kier alpha value is -5.95. The summed E-state index contributed by atoms with van der Waals surface area (Å²) in [7, 11) is -4.87. The number of benzene rings is 8. The standard InChI is InChI=1S/C53H58O6P2.C37H59O3P/c1-50(2,42-24-13-8-14-25-42)45-30-32-48(41(34-45)23-19-22-40-20-11-7-12-21-40)58-60-54-36-53(37-55-60)38-56-61(57-39-53)59-49-33-31-46(51(3,4)43-26-15-9-16-27-43)35-47(49)52(5,6)44-28-17-10-18-29-44;1-12-13-14-15-16-17-18-38-41-39-34-30(21-28(19-26(2)3)23-32(34)36(6,7)8)25-31-22-29(20-27(4)5)24-33(35(31)40-41)37(9,10)11/h7-18,20-21,24-35H,19,22-23,36-39H2,1-6H3;21-24,26-27H,12-20,25H2,1-11H3. The summed E-state index contributed by atoms with van der Waals surface area (Å²) in [4.78, 5) is 0. The lowest BCUT2D eigenvalue weighted by molar-refractivity contribution is -0.0673. The van der Waals surface area contributed by atoms with Gasteiger partial charge in [0.05, 0.1) is 38.4 Å². The van der Waals surface area contributed by atoms with Crippen molar-refractivity contribution in [2.45, 2.75) is 222 Å². The maximum atomic E-state index is 6.84. The Morgan fingerprint density at radius 3 is 1.27 bits per heavy atom. The maximum Gasteiger partial charge on any atom is 0.463 e. The summed E-state index contributed by atoms with van der Waals surface area (Å²) in [6, 6.07) is 65.3. The molecule has 8 aromatic carbocycles. The fourth-order valence-electron chi connectivity index (χ4n) is 14.0. The number of unbranched alkanes of at least 4 members (excludes halogenated alkanes) is 5. The molecule has 102 heavy (non-hydrogen) atoms. The summed E-state index contributed by atoms with van der Waals surface area (Å²) in [5.41, 5.74) is 16.3. The molecular weight excluding hydrogens is 1320 g/mol. The predicted molar refractivity (Wildman–Crippen MR) is 426 cm³/mol. The van der Waals surface area contributed by atoms with Gasteiger partial charge in [0.2, 0.25) is 0 Å². The van der Waals surface area contributed by atoms with Crippen LogP contribution in [0.1, 0.15) is 241 Å². The van der Waals surface area contributed by atoms with Gasteiger partial charge < -0.3 is 36.2 Å². The smallest absolute Gasteiger partial charge is 0.426 e. The number of hydrogen-bond acceptors (Lipinski definition) is 9. The first-order chi connectivity index (χ1) is 48.6. The number of aryl methyl sites for hydroxylation is 2. The Morgan fingerprint density at radius 1 is 0.392 bits per heavy atom. The van der Waals surface area contributed by atoms with Crippen molar-refractivity contribution in [3.8, 4) is 23.0 Å². The second kappa shape index (κ2) is 35.0. The summed E-state index contributed by atoms with van der Waals surface area (Å²) < 4.78 is 58.8. The second-order valence-electron chi connectivity index (χ2n) is 33.2. The molecule has 9 nitrogen and oxygen atoms in total. The van der Waals surface area contributed by atoms with E-state index in [0.717, 1.165) is 79.1 Å². The predicted octanol–water partition coefficient (Wildman–Crippen LogP) is 25.5. The molecule has 0 saturated carbocycles. The van der Waals surface area contributed by atoms with E-state index in [0.29, 0.717) is 44.9 Å². The fraction of sp³-hybridized carbons (Fsp3) is 0.467. The fourth-order valence-corrected chi connectivity index (χ4v) is 17.7. The van der Waals surface area contributed by atoms with Gasteiger partial charge in [0.15, 0.2) is 0 Å². The molecule has 0 N–H and O–H groups in total. The van der Waals surface area contributed by atoms with E-state index in [1.165, 1.54) is 98.9 Å². The van der Waals surface area contributed by atoms with Gasteiger partial charge in [-0.15, -0.1) is 0 Å². The van der Waals surface area contributed by atoms with Crippen molar-refractivity contribution >= 4 is 25.8 Å². The van der Waals surface area contributed by atoms with E-state index in [1.807, 2.05) is 0 Å². The van der Waals surface area contributed by atoms with Gasteiger partial charge in [0.25, 0.3) is 0 Å². The van der Waals surface area contributed by atoms with Gasteiger partial charge in [-0.05, 0) is 135 Å². The van der Waals surface area contributed by atoms with Gasteiger partial charge in [0, 0.05) is 39.4 Å². The summed E-state index contributed by atoms with van der Waals surface area (Å²) in [6.07, 6.45) is 13.2. The van der Waals surface area contributed by atoms with Gasteiger partial charge in [-0.2, -0.15) is 0 Å². The summed E-state index contributed by atoms with van der Waals surface area (Å²) >= 11 is 0. The monoisotopic (exact) mass is 1430 g/mol. The molecule has 0 radical (unpaired) electrons. The van der Waals surface area contributed by atoms with Crippen LogP contribution < -0.4 is 18.1 Å². The molecular formula is C90H117O9P3. The molecule has 3 aliphatic heterocycles. The van der Waals surface area contributed by atoms with Crippen LogP contribution in [0, 0.1) is 17.3 Å². The first-order valence-corrected chi connectivity index (χ1v) is 41.0. The lowest BCUT2D eigenvalue weighted by Gasteiger charge is -2.41. The Kier molecular flexibility index (Phi) is 27.0. The average Bonchev–Trinajstić information content (AvgIpc) is 0.768. The molecule has 0 aromatic heterocycles. The van der Waals surface area contributed by atoms with E-state index in [4.69, 9.17) is 40.7 Å². The maximum absolute atomic E-state index is 6.84. The molecule has 0 unspecified atom stereocenters. The molecule has 3 aliphatic rings. The molecule has 11 rings (SSSR count). The van der Waals surface area contributed by atoms with E-state index in [-0.39, 0.29) is 27.1 Å². The van der Waals surface area contributed by atoms with Gasteiger partial charge in [0.1, 0.15) is 23.0 Å². The minimum atomic E-state index is -1.66. The van der Waals surface area contributed by atoms with Crippen molar-refractivity contribution in [2.24, 2.45) is 17.3 Å². The number of rotatable bonds is 26. The minimum Gasteiger partial charge on any atom is -0.426 e. The van der Waals surface area contributed by atoms with E-state index in [9.17, 15) is 0 Å². The third kappa shape index (κ3) is 20.6. The van der Waals surface area contributed by atoms with Crippen LogP contribution in [-0.4, -0.2) is 33.0 Å². The average molecular weight is 1440 g/mol. The Bertz CT molecular complexity index is 3850. The molecule has 12 heteroatoms. The van der Waals surface area contributed by atoms with Crippen LogP contribution in [0.15, 0.2) is 182 Å². The molecule has 1 spiro atoms. The van der Waals surface area contributed by atoms with E-state index >= 15 is 0 Å². The topological polar surface area (TPSA) is 83.1 Å². The zero-order valence-electron chi connectivity index (χ0n) is 64.5. The van der Waals surface area contributed by atoms with Crippen molar-refractivity contribution in [1.29, 1.82) is 0 Å². The SMILES string of the molecule is CC(C)(c1ccccc1)c1ccc(OP2OCC3(CO2)COP(Oc2ccc(C(C)(C)c4ccccc4)cc2C(C)(C)c2ccccc2)OC3)c(CCCc2ccccc2)c1.CCCCCCCCOP1Oc2c(cc(CC(C)C)cc2C(C)(C)C)Cc2cc(CC(C)C)cc(C(C)(C)C)c2O1. The van der Waals surface area contributed by atoms with Crippen molar-refractivity contribution in [2.75, 3.05) is 33.0 Å². The van der Waals surface area contributed by atoms with Crippen LogP contribution in [0.5, 0.6) is 23.0 Å². The van der Waals surface area contributed by atoms with Crippen molar-refractivity contribution in [3.63, 3.8) is 0 Å². The lowest BCUT2D eigenvalue weighted by atomic mass is 9.73. The van der Waals surface area contributed by atoms with Gasteiger partial charge >= 0.3 is 25.8 Å². The normalized spacial score (nSPS) is 17.6. The second-order valence-corrected chi connectivity index (χ2v) is 36.6. The quantitative estimate of drug-likeness (QED) is 0.0389. The highest BCUT2D eigenvalue weighted by molar-refractivity contribution is 7.43. The third-order valence-corrected chi connectivity index (χ3v) is 23.5. The molecule has 0 atom stereocenters. The van der Waals surface area contributed by atoms with Crippen LogP contribution in [0.3, 0.4) is 0 Å². The van der Waals surface area contributed by atoms with Gasteiger partial charge in [-0.1, -0.05) is 320 Å². The highest BCUT2D eigenvalue weighted by atomic mass is 31.2. The van der Waals surface area contributed by atoms with Crippen LogP contribution in [0.25, 0.3) is 0 Å². The molecule has 0 amide bonds. The summed E-state index contributed by atoms with van der Waals surface area (Å²) in [5, 5.41) is 0.